The Kier molecular flexibility index (Phi) is 11.3. The zero-order valence-electron chi connectivity index (χ0n) is 25.9. The molecule has 12 heteroatoms. The van der Waals surface area contributed by atoms with Crippen LogP contribution in [0, 0.1) is 12.3 Å². The van der Waals surface area contributed by atoms with Crippen LogP contribution in [0.25, 0.3) is 10.4 Å². The van der Waals surface area contributed by atoms with E-state index >= 15 is 0 Å². The average Bonchev–Trinajstić information content (AvgIpc) is 3.59. The van der Waals surface area contributed by atoms with Gasteiger partial charge in [0.25, 0.3) is 0 Å². The van der Waals surface area contributed by atoms with E-state index in [1.807, 2.05) is 64.4 Å². The summed E-state index contributed by atoms with van der Waals surface area (Å²) in [4.78, 5) is 49.2. The van der Waals surface area contributed by atoms with Crippen LogP contribution < -0.4 is 16.0 Å². The molecule has 236 valence electrons. The highest BCUT2D eigenvalue weighted by Gasteiger charge is 2.44. The number of aliphatic hydroxyl groups is 1. The minimum Gasteiger partial charge on any atom is -0.391 e. The highest BCUT2D eigenvalue weighted by Crippen LogP contribution is 2.29. The smallest absolute Gasteiger partial charge is 0.246 e. The third-order valence-corrected chi connectivity index (χ3v) is 9.03. The van der Waals surface area contributed by atoms with E-state index in [0.717, 1.165) is 54.4 Å². The van der Waals surface area contributed by atoms with E-state index in [-0.39, 0.29) is 37.4 Å². The van der Waals surface area contributed by atoms with Crippen molar-refractivity contribution in [1.82, 2.24) is 30.7 Å². The molecular weight excluding hydrogens is 568 g/mol. The van der Waals surface area contributed by atoms with Crippen molar-refractivity contribution in [1.29, 1.82) is 0 Å². The minimum absolute atomic E-state index is 0.0256. The Morgan fingerprint density at radius 2 is 1.86 bits per heavy atom. The summed E-state index contributed by atoms with van der Waals surface area (Å²) in [6.07, 6.45) is -0.699. The number of β-amino-alcohol motifs (C(OH)–C–C–N with tert-alkyl or cyclic N) is 1. The Balaban J connectivity index is 1.34. The monoisotopic (exact) mass is 614 g/mol. The van der Waals surface area contributed by atoms with E-state index in [4.69, 9.17) is 4.74 Å². The Labute approximate surface area is 258 Å². The summed E-state index contributed by atoms with van der Waals surface area (Å²) in [5.74, 6) is -1.12. The van der Waals surface area contributed by atoms with Gasteiger partial charge in [0.1, 0.15) is 18.7 Å². The number of hydrogen-bond acceptors (Lipinski definition) is 9. The molecule has 4 rings (SSSR count). The topological polar surface area (TPSA) is 136 Å². The number of amides is 3. The SMILES string of the molecule is Cc1ncsc1-c1ccc([C@H](C)NC(=O)[C@@H]2C[C@@H](O)CN2C(=O)[C@@H](NC(=O)COCCN2CCNCC2)C(C)(C)C)cc1. The van der Waals surface area contributed by atoms with Crippen LogP contribution in [0.2, 0.25) is 0 Å². The highest BCUT2D eigenvalue weighted by molar-refractivity contribution is 7.13. The molecule has 2 saturated heterocycles. The quantitative estimate of drug-likeness (QED) is 0.281. The molecule has 43 heavy (non-hydrogen) atoms. The van der Waals surface area contributed by atoms with E-state index < -0.39 is 29.5 Å². The van der Waals surface area contributed by atoms with Gasteiger partial charge in [0.15, 0.2) is 0 Å². The molecule has 2 aliphatic heterocycles. The summed E-state index contributed by atoms with van der Waals surface area (Å²) in [5, 5.41) is 19.6. The summed E-state index contributed by atoms with van der Waals surface area (Å²) >= 11 is 1.59. The number of aromatic nitrogens is 1. The predicted octanol–water partition coefficient (Wildman–Crippen LogP) is 1.71. The number of aliphatic hydroxyl groups excluding tert-OH is 1. The van der Waals surface area contributed by atoms with Gasteiger partial charge < -0.3 is 30.7 Å². The third-order valence-electron chi connectivity index (χ3n) is 8.05. The molecular formula is C31H46N6O5S. The van der Waals surface area contributed by atoms with E-state index in [9.17, 15) is 19.5 Å². The van der Waals surface area contributed by atoms with Crippen molar-refractivity contribution in [3.63, 3.8) is 0 Å². The molecule has 0 aliphatic carbocycles. The third kappa shape index (κ3) is 8.82. The van der Waals surface area contributed by atoms with E-state index in [1.54, 1.807) is 11.3 Å². The lowest BCUT2D eigenvalue weighted by Crippen LogP contribution is -2.58. The first kappa shape index (κ1) is 33.0. The first-order chi connectivity index (χ1) is 20.4. The van der Waals surface area contributed by atoms with Crippen LogP contribution in [-0.4, -0.2) is 108 Å². The van der Waals surface area contributed by atoms with Gasteiger partial charge in [0.05, 0.1) is 34.8 Å². The molecule has 3 amide bonds. The summed E-state index contributed by atoms with van der Waals surface area (Å²) < 4.78 is 5.61. The van der Waals surface area contributed by atoms with Crippen LogP contribution >= 0.6 is 11.3 Å². The van der Waals surface area contributed by atoms with Gasteiger partial charge in [-0.15, -0.1) is 11.3 Å². The maximum Gasteiger partial charge on any atom is 0.246 e. The molecule has 2 aromatic rings. The van der Waals surface area contributed by atoms with Crippen molar-refractivity contribution in [3.8, 4) is 10.4 Å². The Bertz CT molecular complexity index is 1240. The van der Waals surface area contributed by atoms with Gasteiger partial charge in [-0.25, -0.2) is 4.98 Å². The average molecular weight is 615 g/mol. The van der Waals surface area contributed by atoms with Crippen molar-refractivity contribution in [2.75, 3.05) is 52.5 Å². The van der Waals surface area contributed by atoms with Crippen molar-refractivity contribution in [2.45, 2.75) is 65.3 Å². The molecule has 4 N–H and O–H groups in total. The number of thiazole rings is 1. The number of aryl methyl sites for hydroxylation is 1. The van der Waals surface area contributed by atoms with Crippen LogP contribution in [0.15, 0.2) is 29.8 Å². The van der Waals surface area contributed by atoms with Crippen LogP contribution in [0.4, 0.5) is 0 Å². The first-order valence-corrected chi connectivity index (χ1v) is 15.9. The van der Waals surface area contributed by atoms with Gasteiger partial charge >= 0.3 is 0 Å². The number of nitrogens with zero attached hydrogens (tertiary/aromatic N) is 3. The van der Waals surface area contributed by atoms with Gasteiger partial charge in [-0.2, -0.15) is 0 Å². The van der Waals surface area contributed by atoms with Crippen LogP contribution in [0.5, 0.6) is 0 Å². The van der Waals surface area contributed by atoms with Crippen LogP contribution in [0.3, 0.4) is 0 Å². The Hall–Kier alpha value is -2.90. The zero-order valence-corrected chi connectivity index (χ0v) is 26.7. The first-order valence-electron chi connectivity index (χ1n) is 15.0. The maximum absolute atomic E-state index is 13.8. The zero-order chi connectivity index (χ0) is 31.1. The molecule has 0 bridgehead atoms. The molecule has 2 aliphatic rings. The number of likely N-dealkylation sites (tertiary alicyclic amines) is 1. The van der Waals surface area contributed by atoms with Crippen LogP contribution in [0.1, 0.15) is 51.4 Å². The lowest BCUT2D eigenvalue weighted by atomic mass is 9.85. The second kappa shape index (κ2) is 14.7. The van der Waals surface area contributed by atoms with Crippen LogP contribution in [-0.2, 0) is 19.1 Å². The van der Waals surface area contributed by atoms with E-state index in [2.05, 4.69) is 25.8 Å². The number of ether oxygens (including phenoxy) is 1. The molecule has 0 spiro atoms. The van der Waals surface area contributed by atoms with Gasteiger partial charge in [0, 0.05) is 45.7 Å². The van der Waals surface area contributed by atoms with Gasteiger partial charge in [-0.3, -0.25) is 19.3 Å². The normalized spacial score (nSPS) is 20.9. The molecule has 2 fully saturated rings. The fourth-order valence-electron chi connectivity index (χ4n) is 5.51. The molecule has 11 nitrogen and oxygen atoms in total. The molecule has 1 aromatic carbocycles. The number of hydrogen-bond donors (Lipinski definition) is 4. The van der Waals surface area contributed by atoms with Crippen molar-refractivity contribution in [2.24, 2.45) is 5.41 Å². The standard InChI is InChI=1S/C31H46N6O5S/c1-20(22-6-8-23(9-7-22)27-21(2)33-19-43-27)34-29(40)25-16-24(38)17-37(25)30(41)28(31(3,4)5)35-26(39)18-42-15-14-36-12-10-32-11-13-36/h6-9,19-20,24-25,28,32,38H,10-18H2,1-5H3,(H,34,40)(H,35,39)/t20-,24+,25-,28+/m0/s1. The fraction of sp³-hybridized carbons (Fsp3) is 0.613. The van der Waals surface area contributed by atoms with Crippen molar-refractivity contribution >= 4 is 29.1 Å². The number of carbonyl (C=O) groups excluding carboxylic acids is 3. The Morgan fingerprint density at radius 3 is 2.49 bits per heavy atom. The second-order valence-electron chi connectivity index (χ2n) is 12.5. The van der Waals surface area contributed by atoms with E-state index in [0.29, 0.717) is 6.61 Å². The lowest BCUT2D eigenvalue weighted by molar-refractivity contribution is -0.144. The minimum atomic E-state index is -0.891. The number of nitrogens with one attached hydrogen (secondary N) is 3. The number of rotatable bonds is 11. The maximum atomic E-state index is 13.8. The van der Waals surface area contributed by atoms with Gasteiger partial charge in [0.2, 0.25) is 17.7 Å². The van der Waals surface area contributed by atoms with Crippen molar-refractivity contribution < 1.29 is 24.2 Å². The molecule has 0 saturated carbocycles. The number of piperazine rings is 1. The largest absolute Gasteiger partial charge is 0.391 e. The van der Waals surface area contributed by atoms with Crippen molar-refractivity contribution in [3.05, 3.63) is 41.0 Å². The lowest BCUT2D eigenvalue weighted by Gasteiger charge is -2.35. The van der Waals surface area contributed by atoms with E-state index in [1.165, 1.54) is 4.90 Å². The molecule has 0 unspecified atom stereocenters. The molecule has 1 aromatic heterocycles. The molecule has 0 radical (unpaired) electrons. The second-order valence-corrected chi connectivity index (χ2v) is 13.4. The molecule has 3 heterocycles. The summed E-state index contributed by atoms with van der Waals surface area (Å²) in [6.45, 7) is 14.3. The Morgan fingerprint density at radius 1 is 1.16 bits per heavy atom. The fourth-order valence-corrected chi connectivity index (χ4v) is 6.32. The number of benzene rings is 1. The summed E-state index contributed by atoms with van der Waals surface area (Å²) in [6, 6.07) is 5.93. The summed E-state index contributed by atoms with van der Waals surface area (Å²) in [7, 11) is 0. The predicted molar refractivity (Wildman–Crippen MR) is 166 cm³/mol. The highest BCUT2D eigenvalue weighted by atomic mass is 32.1. The summed E-state index contributed by atoms with van der Waals surface area (Å²) in [5.41, 5.74) is 4.16. The molecule has 4 atom stereocenters. The number of carbonyl (C=O) groups is 3. The van der Waals surface area contributed by atoms with Gasteiger partial charge in [-0.1, -0.05) is 45.0 Å². The van der Waals surface area contributed by atoms with Gasteiger partial charge in [-0.05, 0) is 30.4 Å².